The molecule has 17 heavy (non-hydrogen) atoms. The lowest BCUT2D eigenvalue weighted by Crippen LogP contribution is -2.33. The predicted octanol–water partition coefficient (Wildman–Crippen LogP) is 1.47. The van der Waals surface area contributed by atoms with Crippen molar-refractivity contribution in [3.05, 3.63) is 21.3 Å². The van der Waals surface area contributed by atoms with E-state index < -0.39 is 10.0 Å². The van der Waals surface area contributed by atoms with E-state index in [2.05, 4.69) is 10.0 Å². The van der Waals surface area contributed by atoms with E-state index in [0.29, 0.717) is 19.5 Å². The third-order valence-electron chi connectivity index (χ3n) is 2.12. The van der Waals surface area contributed by atoms with Crippen LogP contribution in [0.4, 0.5) is 0 Å². The Labute approximate surface area is 111 Å². The maximum atomic E-state index is 11.5. The van der Waals surface area contributed by atoms with Crippen LogP contribution >= 0.6 is 22.9 Å². The fourth-order valence-corrected chi connectivity index (χ4v) is 3.33. The van der Waals surface area contributed by atoms with E-state index in [1.807, 2.05) is 19.1 Å². The average molecular weight is 297 g/mol. The summed E-state index contributed by atoms with van der Waals surface area (Å²) in [6.45, 7) is 3.63. The number of rotatable bonds is 8. The van der Waals surface area contributed by atoms with Gasteiger partial charge in [0.1, 0.15) is 0 Å². The van der Waals surface area contributed by atoms with Crippen molar-refractivity contribution in [3.8, 4) is 0 Å². The molecule has 0 saturated heterocycles. The molecule has 7 heteroatoms. The lowest BCUT2D eigenvalue weighted by Gasteiger charge is -2.06. The molecule has 0 aromatic carbocycles. The van der Waals surface area contributed by atoms with E-state index in [9.17, 15) is 8.42 Å². The monoisotopic (exact) mass is 296 g/mol. The van der Waals surface area contributed by atoms with Gasteiger partial charge in [0, 0.05) is 18.0 Å². The zero-order chi connectivity index (χ0) is 12.7. The third kappa shape index (κ3) is 6.38. The topological polar surface area (TPSA) is 58.2 Å². The number of sulfonamides is 1. The predicted molar refractivity (Wildman–Crippen MR) is 73.4 cm³/mol. The second kappa shape index (κ2) is 7.33. The first-order chi connectivity index (χ1) is 8.03. The van der Waals surface area contributed by atoms with E-state index >= 15 is 0 Å². The second-order valence-corrected chi connectivity index (χ2v) is 7.25. The van der Waals surface area contributed by atoms with Gasteiger partial charge in [-0.15, -0.1) is 11.3 Å². The highest BCUT2D eigenvalue weighted by atomic mass is 35.5. The number of hydrogen-bond acceptors (Lipinski definition) is 4. The lowest BCUT2D eigenvalue weighted by atomic mass is 10.3. The first kappa shape index (κ1) is 14.9. The number of nitrogens with one attached hydrogen (secondary N) is 2. The van der Waals surface area contributed by atoms with Crippen LogP contribution in [0.25, 0.3) is 0 Å². The Morgan fingerprint density at radius 1 is 1.35 bits per heavy atom. The van der Waals surface area contributed by atoms with Gasteiger partial charge >= 0.3 is 0 Å². The van der Waals surface area contributed by atoms with Crippen molar-refractivity contribution in [2.75, 3.05) is 25.4 Å². The molecule has 98 valence electrons. The van der Waals surface area contributed by atoms with E-state index in [0.717, 1.165) is 15.8 Å². The van der Waals surface area contributed by atoms with Crippen molar-refractivity contribution in [3.63, 3.8) is 0 Å². The normalized spacial score (nSPS) is 11.9. The summed E-state index contributed by atoms with van der Waals surface area (Å²) in [4.78, 5) is 1.09. The molecule has 1 rings (SSSR count). The molecule has 0 aliphatic rings. The Balaban J connectivity index is 2.25. The first-order valence-electron chi connectivity index (χ1n) is 5.46. The minimum atomic E-state index is -3.16. The van der Waals surface area contributed by atoms with Crippen molar-refractivity contribution in [2.45, 2.75) is 13.3 Å². The molecule has 0 radical (unpaired) electrons. The molecule has 0 unspecified atom stereocenters. The molecular formula is C10H17ClN2O2S2. The smallest absolute Gasteiger partial charge is 0.212 e. The molecule has 0 amide bonds. The maximum Gasteiger partial charge on any atom is 0.212 e. The van der Waals surface area contributed by atoms with Crippen molar-refractivity contribution in [2.24, 2.45) is 0 Å². The van der Waals surface area contributed by atoms with Gasteiger partial charge in [0.25, 0.3) is 0 Å². The summed E-state index contributed by atoms with van der Waals surface area (Å²) in [6.07, 6.45) is 0.678. The molecule has 2 N–H and O–H groups in total. The van der Waals surface area contributed by atoms with Crippen LogP contribution in [0.5, 0.6) is 0 Å². The van der Waals surface area contributed by atoms with Crippen molar-refractivity contribution < 1.29 is 8.42 Å². The van der Waals surface area contributed by atoms with E-state index in [-0.39, 0.29) is 5.75 Å². The molecule has 1 aromatic heterocycles. The van der Waals surface area contributed by atoms with Gasteiger partial charge in [-0.2, -0.15) is 0 Å². The number of hydrogen-bond donors (Lipinski definition) is 2. The summed E-state index contributed by atoms with van der Waals surface area (Å²) < 4.78 is 26.4. The van der Waals surface area contributed by atoms with Crippen molar-refractivity contribution >= 4 is 33.0 Å². The molecule has 0 aliphatic heterocycles. The molecule has 0 atom stereocenters. The van der Waals surface area contributed by atoms with Crippen LogP contribution in [0.1, 0.15) is 11.8 Å². The molecule has 0 fully saturated rings. The quantitative estimate of drug-likeness (QED) is 0.714. The Morgan fingerprint density at radius 2 is 2.12 bits per heavy atom. The molecule has 0 saturated carbocycles. The van der Waals surface area contributed by atoms with E-state index in [1.165, 1.54) is 11.3 Å². The minimum absolute atomic E-state index is 0.117. The summed E-state index contributed by atoms with van der Waals surface area (Å²) in [7, 11) is -3.16. The Bertz CT molecular complexity index is 431. The SMILES string of the molecule is CCNCCS(=O)(=O)NCCc1ccc(Cl)s1. The van der Waals surface area contributed by atoms with Gasteiger partial charge < -0.3 is 5.32 Å². The van der Waals surface area contributed by atoms with Gasteiger partial charge in [0.05, 0.1) is 10.1 Å². The summed E-state index contributed by atoms with van der Waals surface area (Å²) in [5.74, 6) is 0.117. The molecular weight excluding hydrogens is 280 g/mol. The van der Waals surface area contributed by atoms with E-state index in [1.54, 1.807) is 0 Å². The molecule has 0 aliphatic carbocycles. The Kier molecular flexibility index (Phi) is 6.43. The third-order valence-corrected chi connectivity index (χ3v) is 4.80. The lowest BCUT2D eigenvalue weighted by molar-refractivity contribution is 0.578. The molecule has 4 nitrogen and oxygen atoms in total. The van der Waals surface area contributed by atoms with Gasteiger partial charge in [0.15, 0.2) is 0 Å². The van der Waals surface area contributed by atoms with Crippen LogP contribution in [0, 0.1) is 0 Å². The van der Waals surface area contributed by atoms with Crippen molar-refractivity contribution in [1.29, 1.82) is 0 Å². The number of thiophene rings is 1. The highest BCUT2D eigenvalue weighted by Gasteiger charge is 2.08. The summed E-state index contributed by atoms with van der Waals surface area (Å²) >= 11 is 7.26. The Morgan fingerprint density at radius 3 is 2.71 bits per heavy atom. The average Bonchev–Trinajstić information content (AvgIpc) is 2.64. The standard InChI is InChI=1S/C10H17ClN2O2S2/c1-2-12-7-8-17(14,15)13-6-5-9-3-4-10(11)16-9/h3-4,12-13H,2,5-8H2,1H3. The van der Waals surface area contributed by atoms with Gasteiger partial charge in [-0.25, -0.2) is 13.1 Å². The minimum Gasteiger partial charge on any atom is -0.316 e. The molecule has 1 heterocycles. The van der Waals surface area contributed by atoms with Crippen LogP contribution in [0.2, 0.25) is 4.34 Å². The van der Waals surface area contributed by atoms with Crippen LogP contribution < -0.4 is 10.0 Å². The summed E-state index contributed by atoms with van der Waals surface area (Å²) in [6, 6.07) is 3.74. The Hall–Kier alpha value is -0.140. The molecule has 1 aromatic rings. The summed E-state index contributed by atoms with van der Waals surface area (Å²) in [5.41, 5.74) is 0. The van der Waals surface area contributed by atoms with Gasteiger partial charge in [-0.05, 0) is 25.1 Å². The van der Waals surface area contributed by atoms with Crippen LogP contribution in [-0.4, -0.2) is 33.8 Å². The number of halogens is 1. The fourth-order valence-electron chi connectivity index (χ4n) is 1.27. The zero-order valence-corrected chi connectivity index (χ0v) is 12.1. The van der Waals surface area contributed by atoms with Gasteiger partial charge in [-0.3, -0.25) is 0 Å². The highest BCUT2D eigenvalue weighted by molar-refractivity contribution is 7.89. The van der Waals surface area contributed by atoms with E-state index in [4.69, 9.17) is 11.6 Å². The van der Waals surface area contributed by atoms with Crippen LogP contribution in [-0.2, 0) is 16.4 Å². The largest absolute Gasteiger partial charge is 0.316 e. The van der Waals surface area contributed by atoms with Gasteiger partial charge in [0.2, 0.25) is 10.0 Å². The molecule has 0 bridgehead atoms. The maximum absolute atomic E-state index is 11.5. The molecule has 0 spiro atoms. The second-order valence-electron chi connectivity index (χ2n) is 3.52. The van der Waals surface area contributed by atoms with Gasteiger partial charge in [-0.1, -0.05) is 18.5 Å². The van der Waals surface area contributed by atoms with Crippen molar-refractivity contribution in [1.82, 2.24) is 10.0 Å². The van der Waals surface area contributed by atoms with Crippen LogP contribution in [0.3, 0.4) is 0 Å². The first-order valence-corrected chi connectivity index (χ1v) is 8.30. The highest BCUT2D eigenvalue weighted by Crippen LogP contribution is 2.21. The zero-order valence-electron chi connectivity index (χ0n) is 9.70. The summed E-state index contributed by atoms with van der Waals surface area (Å²) in [5, 5.41) is 2.98. The van der Waals surface area contributed by atoms with Crippen LogP contribution in [0.15, 0.2) is 12.1 Å². The fraction of sp³-hybridized carbons (Fsp3) is 0.600.